The van der Waals surface area contributed by atoms with E-state index >= 15 is 0 Å². The summed E-state index contributed by atoms with van der Waals surface area (Å²) in [4.78, 5) is 25.1. The molecule has 1 amide bonds. The van der Waals surface area contributed by atoms with Gasteiger partial charge in [0.2, 0.25) is 0 Å². The van der Waals surface area contributed by atoms with Crippen molar-refractivity contribution < 1.29 is 9.59 Å². The molecule has 0 saturated carbocycles. The van der Waals surface area contributed by atoms with Gasteiger partial charge in [0.05, 0.1) is 21.3 Å². The van der Waals surface area contributed by atoms with Crippen molar-refractivity contribution in [3.63, 3.8) is 0 Å². The first-order chi connectivity index (χ1) is 8.57. The first kappa shape index (κ1) is 13.7. The Kier molecular flexibility index (Phi) is 4.15. The first-order valence-electron chi connectivity index (χ1n) is 5.48. The lowest BCUT2D eigenvalue weighted by atomic mass is 10.1. The van der Waals surface area contributed by atoms with Crippen molar-refractivity contribution in [1.29, 1.82) is 0 Å². The molecule has 2 rings (SSSR count). The number of carbonyl (C=O) groups is 2. The number of hydrogen-bond donors (Lipinski definition) is 0. The van der Waals surface area contributed by atoms with E-state index in [-0.39, 0.29) is 10.6 Å². The Bertz CT molecular complexity index is 516. The molecule has 0 spiro atoms. The van der Waals surface area contributed by atoms with Crippen LogP contribution in [0.25, 0.3) is 0 Å². The molecule has 96 valence electrons. The number of ketones is 1. The molecule has 1 aliphatic rings. The molecule has 0 aromatic heterocycles. The van der Waals surface area contributed by atoms with Crippen molar-refractivity contribution in [3.8, 4) is 0 Å². The number of alkyl halides is 1. The van der Waals surface area contributed by atoms with E-state index < -0.39 is 11.7 Å². The number of anilines is 1. The fourth-order valence-corrected chi connectivity index (χ4v) is 2.62. The van der Waals surface area contributed by atoms with Crippen LogP contribution in [0.15, 0.2) is 12.1 Å². The quantitative estimate of drug-likeness (QED) is 0.485. The predicted molar refractivity (Wildman–Crippen MR) is 73.1 cm³/mol. The summed E-state index contributed by atoms with van der Waals surface area (Å²) in [5.41, 5.74) is 0.633. The van der Waals surface area contributed by atoms with Gasteiger partial charge >= 0.3 is 0 Å². The van der Waals surface area contributed by atoms with Gasteiger partial charge < -0.3 is 4.90 Å². The minimum atomic E-state index is -0.594. The normalized spacial score (nSPS) is 14.3. The lowest BCUT2D eigenvalue weighted by molar-refractivity contribution is -0.114. The van der Waals surface area contributed by atoms with E-state index in [4.69, 9.17) is 34.8 Å². The largest absolute Gasteiger partial charge is 0.303 e. The Labute approximate surface area is 120 Å². The summed E-state index contributed by atoms with van der Waals surface area (Å²) < 4.78 is 0. The Hall–Kier alpha value is -0.770. The molecular formula is C12H10Cl3NO2. The van der Waals surface area contributed by atoms with Gasteiger partial charge in [-0.1, -0.05) is 23.2 Å². The number of amides is 1. The number of nitrogens with zero attached hydrogens (tertiary/aromatic N) is 1. The highest BCUT2D eigenvalue weighted by molar-refractivity contribution is 6.56. The SMILES string of the molecule is O=C1C(=O)N(CCCCCl)c2c(Cl)ccc(Cl)c21. The molecule has 0 N–H and O–H groups in total. The highest BCUT2D eigenvalue weighted by atomic mass is 35.5. The van der Waals surface area contributed by atoms with Crippen LogP contribution in [0.1, 0.15) is 23.2 Å². The van der Waals surface area contributed by atoms with Gasteiger partial charge in [-0.15, -0.1) is 11.6 Å². The topological polar surface area (TPSA) is 37.4 Å². The maximum Gasteiger partial charge on any atom is 0.299 e. The van der Waals surface area contributed by atoms with Gasteiger partial charge in [-0.05, 0) is 25.0 Å². The van der Waals surface area contributed by atoms with E-state index in [0.717, 1.165) is 6.42 Å². The van der Waals surface area contributed by atoms with E-state index in [9.17, 15) is 9.59 Å². The Morgan fingerprint density at radius 2 is 1.72 bits per heavy atom. The van der Waals surface area contributed by atoms with Gasteiger partial charge in [0.15, 0.2) is 0 Å². The number of Topliss-reactive ketones (excluding diaryl/α,β-unsaturated/α-hetero) is 1. The second-order valence-corrected chi connectivity index (χ2v) is 5.13. The van der Waals surface area contributed by atoms with Crippen LogP contribution < -0.4 is 4.90 Å². The van der Waals surface area contributed by atoms with Crippen molar-refractivity contribution in [2.24, 2.45) is 0 Å². The third kappa shape index (κ3) is 2.22. The number of fused-ring (bicyclic) bond motifs is 1. The maximum absolute atomic E-state index is 11.9. The molecule has 3 nitrogen and oxygen atoms in total. The summed E-state index contributed by atoms with van der Waals surface area (Å²) in [7, 11) is 0. The molecule has 1 heterocycles. The van der Waals surface area contributed by atoms with E-state index in [2.05, 4.69) is 0 Å². The van der Waals surface area contributed by atoms with Crippen LogP contribution in [0.3, 0.4) is 0 Å². The molecule has 0 aliphatic carbocycles. The number of unbranched alkanes of at least 4 members (excludes halogenated alkanes) is 1. The van der Waals surface area contributed by atoms with Crippen LogP contribution in [-0.2, 0) is 4.79 Å². The zero-order valence-electron chi connectivity index (χ0n) is 9.38. The number of carbonyl (C=O) groups excluding carboxylic acids is 2. The fourth-order valence-electron chi connectivity index (χ4n) is 1.93. The van der Waals surface area contributed by atoms with Crippen LogP contribution in [-0.4, -0.2) is 24.1 Å². The summed E-state index contributed by atoms with van der Waals surface area (Å²) in [6.07, 6.45) is 1.48. The Morgan fingerprint density at radius 1 is 1.06 bits per heavy atom. The molecule has 0 saturated heterocycles. The smallest absolute Gasteiger partial charge is 0.299 e. The van der Waals surface area contributed by atoms with E-state index in [1.807, 2.05) is 0 Å². The van der Waals surface area contributed by atoms with Gasteiger partial charge in [0, 0.05) is 12.4 Å². The zero-order valence-corrected chi connectivity index (χ0v) is 11.6. The van der Waals surface area contributed by atoms with Crippen LogP contribution in [0, 0.1) is 0 Å². The minimum Gasteiger partial charge on any atom is -0.303 e. The van der Waals surface area contributed by atoms with Crippen molar-refractivity contribution >= 4 is 52.2 Å². The number of benzene rings is 1. The summed E-state index contributed by atoms with van der Waals surface area (Å²) in [6, 6.07) is 3.11. The number of halogens is 3. The fraction of sp³-hybridized carbons (Fsp3) is 0.333. The van der Waals surface area contributed by atoms with Crippen molar-refractivity contribution in [3.05, 3.63) is 27.7 Å². The van der Waals surface area contributed by atoms with Gasteiger partial charge in [0.1, 0.15) is 0 Å². The molecule has 6 heteroatoms. The molecule has 0 atom stereocenters. The second-order valence-electron chi connectivity index (χ2n) is 3.93. The van der Waals surface area contributed by atoms with Crippen LogP contribution in [0.2, 0.25) is 10.0 Å². The van der Waals surface area contributed by atoms with E-state index in [1.165, 1.54) is 11.0 Å². The van der Waals surface area contributed by atoms with Crippen molar-refractivity contribution in [2.75, 3.05) is 17.3 Å². The minimum absolute atomic E-state index is 0.208. The molecule has 1 aliphatic heterocycles. The summed E-state index contributed by atoms with van der Waals surface area (Å²) >= 11 is 17.6. The third-order valence-electron chi connectivity index (χ3n) is 2.78. The molecule has 0 unspecified atom stereocenters. The molecule has 0 fully saturated rings. The zero-order chi connectivity index (χ0) is 13.3. The van der Waals surface area contributed by atoms with Crippen molar-refractivity contribution in [2.45, 2.75) is 12.8 Å². The van der Waals surface area contributed by atoms with Gasteiger partial charge in [-0.2, -0.15) is 0 Å². The highest BCUT2D eigenvalue weighted by Crippen LogP contribution is 2.39. The van der Waals surface area contributed by atoms with Gasteiger partial charge in [0.25, 0.3) is 11.7 Å². The number of hydrogen-bond acceptors (Lipinski definition) is 2. The van der Waals surface area contributed by atoms with Gasteiger partial charge in [-0.3, -0.25) is 9.59 Å². The van der Waals surface area contributed by atoms with E-state index in [1.54, 1.807) is 6.07 Å². The molecule has 0 radical (unpaired) electrons. The third-order valence-corrected chi connectivity index (χ3v) is 3.67. The summed E-state index contributed by atoms with van der Waals surface area (Å²) in [6.45, 7) is 0.421. The second kappa shape index (κ2) is 5.47. The van der Waals surface area contributed by atoms with Gasteiger partial charge in [-0.25, -0.2) is 0 Å². The van der Waals surface area contributed by atoms with Crippen LogP contribution >= 0.6 is 34.8 Å². The summed E-state index contributed by atoms with van der Waals surface area (Å²) in [5.74, 6) is -0.649. The number of rotatable bonds is 4. The van der Waals surface area contributed by atoms with Crippen LogP contribution in [0.4, 0.5) is 5.69 Å². The van der Waals surface area contributed by atoms with Crippen LogP contribution in [0.5, 0.6) is 0 Å². The average Bonchev–Trinajstić information content (AvgIpc) is 2.60. The maximum atomic E-state index is 11.9. The monoisotopic (exact) mass is 305 g/mol. The lowest BCUT2D eigenvalue weighted by Gasteiger charge is -2.17. The highest BCUT2D eigenvalue weighted by Gasteiger charge is 2.38. The predicted octanol–water partition coefficient (Wildman–Crippen LogP) is 3.54. The Balaban J connectivity index is 2.39. The molecular weight excluding hydrogens is 296 g/mol. The lowest BCUT2D eigenvalue weighted by Crippen LogP contribution is -2.30. The average molecular weight is 307 g/mol. The van der Waals surface area contributed by atoms with Crippen molar-refractivity contribution in [1.82, 2.24) is 0 Å². The molecule has 0 bridgehead atoms. The summed E-state index contributed by atoms with van der Waals surface area (Å²) in [5, 5.41) is 0.618. The van der Waals surface area contributed by atoms with E-state index in [0.29, 0.717) is 29.6 Å². The molecule has 1 aromatic carbocycles. The standard InChI is InChI=1S/C12H10Cl3NO2/c13-5-1-2-6-16-10-8(15)4-3-7(14)9(10)11(17)12(16)18/h3-4H,1-2,5-6H2. The molecule has 18 heavy (non-hydrogen) atoms. The first-order valence-corrected chi connectivity index (χ1v) is 6.77. The molecule has 1 aromatic rings. The Morgan fingerprint density at radius 3 is 2.39 bits per heavy atom.